The lowest BCUT2D eigenvalue weighted by Gasteiger charge is -2.29. The molecule has 1 aliphatic rings. The van der Waals surface area contributed by atoms with Gasteiger partial charge in [0.2, 0.25) is 0 Å². The fourth-order valence-corrected chi connectivity index (χ4v) is 2.81. The molecule has 0 spiro atoms. The number of carbonyl (C=O) groups excluding carboxylic acids is 1. The first-order valence-electron chi connectivity index (χ1n) is 6.53. The van der Waals surface area contributed by atoms with E-state index < -0.39 is 5.97 Å². The summed E-state index contributed by atoms with van der Waals surface area (Å²) >= 11 is 5.81. The van der Waals surface area contributed by atoms with Gasteiger partial charge in [0.05, 0.1) is 10.6 Å². The number of fused-ring (bicyclic) bond motifs is 1. The van der Waals surface area contributed by atoms with E-state index in [2.05, 4.69) is 4.98 Å². The third-order valence-corrected chi connectivity index (χ3v) is 3.88. The van der Waals surface area contributed by atoms with Crippen molar-refractivity contribution in [1.82, 2.24) is 9.88 Å². The number of carboxylic acid groups (broad SMARTS) is 1. The average molecular weight is 305 g/mol. The van der Waals surface area contributed by atoms with Crippen molar-refractivity contribution in [3.05, 3.63) is 57.9 Å². The molecule has 1 aliphatic heterocycles. The first-order valence-corrected chi connectivity index (χ1v) is 6.91. The van der Waals surface area contributed by atoms with Gasteiger partial charge in [0.1, 0.15) is 5.69 Å². The van der Waals surface area contributed by atoms with Crippen LogP contribution in [0.15, 0.2) is 30.5 Å². The summed E-state index contributed by atoms with van der Waals surface area (Å²) in [4.78, 5) is 28.1. The Labute approximate surface area is 126 Å². The van der Waals surface area contributed by atoms with Gasteiger partial charge in [-0.3, -0.25) is 4.79 Å². The first kappa shape index (κ1) is 13.7. The van der Waals surface area contributed by atoms with Crippen LogP contribution < -0.4 is 0 Å². The maximum absolute atomic E-state index is 12.4. The van der Waals surface area contributed by atoms with E-state index in [9.17, 15) is 14.7 Å². The molecule has 21 heavy (non-hydrogen) atoms. The molecule has 6 heteroatoms. The number of carboxylic acids is 1. The van der Waals surface area contributed by atoms with Crippen LogP contribution in [0.2, 0.25) is 5.02 Å². The number of nitrogens with zero attached hydrogens (tertiary/aromatic N) is 1. The van der Waals surface area contributed by atoms with Gasteiger partial charge in [0.25, 0.3) is 5.91 Å². The van der Waals surface area contributed by atoms with Crippen LogP contribution in [0.3, 0.4) is 0 Å². The molecule has 0 radical (unpaired) electrons. The number of amides is 1. The van der Waals surface area contributed by atoms with E-state index in [1.165, 1.54) is 0 Å². The monoisotopic (exact) mass is 304 g/mol. The van der Waals surface area contributed by atoms with Gasteiger partial charge in [-0.05, 0) is 29.7 Å². The van der Waals surface area contributed by atoms with Crippen LogP contribution in [0.25, 0.3) is 0 Å². The highest BCUT2D eigenvalue weighted by molar-refractivity contribution is 6.30. The van der Waals surface area contributed by atoms with Crippen LogP contribution in [0.1, 0.15) is 32.0 Å². The molecule has 2 aromatic rings. The molecular weight excluding hydrogens is 292 g/mol. The number of carbonyl (C=O) groups is 2. The highest BCUT2D eigenvalue weighted by Gasteiger charge is 2.25. The standard InChI is InChI=1S/C15H13ClN2O3/c16-10-6-13(17-7-10)14(19)18-5-4-11-9(8-18)2-1-3-12(11)15(20)21/h1-3,6-7,17H,4-5,8H2,(H,20,21). The second-order valence-corrected chi connectivity index (χ2v) is 5.39. The third-order valence-electron chi connectivity index (χ3n) is 3.66. The van der Waals surface area contributed by atoms with Crippen molar-refractivity contribution in [2.75, 3.05) is 6.54 Å². The number of nitrogens with one attached hydrogen (secondary N) is 1. The Hall–Kier alpha value is -2.27. The predicted molar refractivity (Wildman–Crippen MR) is 77.6 cm³/mol. The lowest BCUT2D eigenvalue weighted by Crippen LogP contribution is -2.36. The summed E-state index contributed by atoms with van der Waals surface area (Å²) in [5, 5.41) is 9.69. The van der Waals surface area contributed by atoms with Gasteiger partial charge < -0.3 is 15.0 Å². The first-order chi connectivity index (χ1) is 10.1. The zero-order chi connectivity index (χ0) is 15.0. The maximum Gasteiger partial charge on any atom is 0.335 e. The summed E-state index contributed by atoms with van der Waals surface area (Å²) in [6.07, 6.45) is 2.10. The summed E-state index contributed by atoms with van der Waals surface area (Å²) < 4.78 is 0. The molecule has 108 valence electrons. The normalized spacial score (nSPS) is 13.9. The summed E-state index contributed by atoms with van der Waals surface area (Å²) in [5.74, 6) is -1.06. The van der Waals surface area contributed by atoms with Gasteiger partial charge in [-0.2, -0.15) is 0 Å². The fourth-order valence-electron chi connectivity index (χ4n) is 2.64. The Morgan fingerprint density at radius 1 is 1.33 bits per heavy atom. The molecule has 0 bridgehead atoms. The zero-order valence-electron chi connectivity index (χ0n) is 11.1. The van der Waals surface area contributed by atoms with Gasteiger partial charge in [0.15, 0.2) is 0 Å². The Kier molecular flexibility index (Phi) is 3.43. The Balaban J connectivity index is 1.86. The summed E-state index contributed by atoms with van der Waals surface area (Å²) in [7, 11) is 0. The minimum atomic E-state index is -0.928. The number of halogens is 1. The van der Waals surface area contributed by atoms with E-state index in [1.807, 2.05) is 6.07 Å². The van der Waals surface area contributed by atoms with Crippen LogP contribution in [0.5, 0.6) is 0 Å². The van der Waals surface area contributed by atoms with E-state index in [4.69, 9.17) is 11.6 Å². The van der Waals surface area contributed by atoms with Crippen LogP contribution in [0, 0.1) is 0 Å². The molecule has 0 fully saturated rings. The maximum atomic E-state index is 12.4. The van der Waals surface area contributed by atoms with Gasteiger partial charge in [0, 0.05) is 19.3 Å². The van der Waals surface area contributed by atoms with Crippen molar-refractivity contribution in [3.8, 4) is 0 Å². The predicted octanol–water partition coefficient (Wildman–Crippen LogP) is 2.56. The minimum Gasteiger partial charge on any atom is -0.478 e. The van der Waals surface area contributed by atoms with E-state index in [1.54, 1.807) is 29.3 Å². The Bertz CT molecular complexity index is 723. The van der Waals surface area contributed by atoms with Crippen molar-refractivity contribution >= 4 is 23.5 Å². The smallest absolute Gasteiger partial charge is 0.335 e. The molecule has 0 saturated heterocycles. The molecule has 0 atom stereocenters. The summed E-state index contributed by atoms with van der Waals surface area (Å²) in [5.41, 5.74) is 2.46. The average Bonchev–Trinajstić information content (AvgIpc) is 2.91. The zero-order valence-corrected chi connectivity index (χ0v) is 11.9. The molecule has 5 nitrogen and oxygen atoms in total. The second kappa shape index (κ2) is 5.26. The van der Waals surface area contributed by atoms with E-state index in [0.717, 1.165) is 11.1 Å². The van der Waals surface area contributed by atoms with Crippen molar-refractivity contribution in [1.29, 1.82) is 0 Å². The van der Waals surface area contributed by atoms with Crippen LogP contribution in [0.4, 0.5) is 0 Å². The molecule has 0 unspecified atom stereocenters. The molecule has 0 aliphatic carbocycles. The lowest BCUT2D eigenvalue weighted by molar-refractivity contribution is 0.0694. The van der Waals surface area contributed by atoms with Crippen molar-refractivity contribution in [2.24, 2.45) is 0 Å². The number of aromatic amines is 1. The summed E-state index contributed by atoms with van der Waals surface area (Å²) in [6, 6.07) is 6.77. The van der Waals surface area contributed by atoms with E-state index in [0.29, 0.717) is 35.8 Å². The van der Waals surface area contributed by atoms with Crippen LogP contribution in [-0.2, 0) is 13.0 Å². The number of benzene rings is 1. The molecule has 1 aromatic carbocycles. The molecular formula is C15H13ClN2O3. The lowest BCUT2D eigenvalue weighted by atomic mass is 9.94. The second-order valence-electron chi connectivity index (χ2n) is 4.96. The third kappa shape index (κ3) is 2.52. The van der Waals surface area contributed by atoms with Gasteiger partial charge in [-0.15, -0.1) is 0 Å². The topological polar surface area (TPSA) is 73.4 Å². The number of aromatic carboxylic acids is 1. The molecule has 0 saturated carbocycles. The molecule has 1 aromatic heterocycles. The highest BCUT2D eigenvalue weighted by Crippen LogP contribution is 2.24. The summed E-state index contributed by atoms with van der Waals surface area (Å²) in [6.45, 7) is 0.901. The van der Waals surface area contributed by atoms with E-state index >= 15 is 0 Å². The van der Waals surface area contributed by atoms with Crippen LogP contribution >= 0.6 is 11.6 Å². The van der Waals surface area contributed by atoms with Gasteiger partial charge in [-0.1, -0.05) is 23.7 Å². The van der Waals surface area contributed by atoms with Crippen molar-refractivity contribution in [2.45, 2.75) is 13.0 Å². The fraction of sp³-hybridized carbons (Fsp3) is 0.200. The molecule has 3 rings (SSSR count). The number of aromatic nitrogens is 1. The number of hydrogen-bond donors (Lipinski definition) is 2. The molecule has 2 heterocycles. The SMILES string of the molecule is O=C(O)c1cccc2c1CCN(C(=O)c1cc(Cl)c[nH]1)C2. The van der Waals surface area contributed by atoms with Crippen molar-refractivity contribution < 1.29 is 14.7 Å². The molecule has 2 N–H and O–H groups in total. The largest absolute Gasteiger partial charge is 0.478 e. The van der Waals surface area contributed by atoms with E-state index in [-0.39, 0.29) is 5.91 Å². The highest BCUT2D eigenvalue weighted by atomic mass is 35.5. The number of hydrogen-bond acceptors (Lipinski definition) is 2. The van der Waals surface area contributed by atoms with Crippen LogP contribution in [-0.4, -0.2) is 33.4 Å². The van der Waals surface area contributed by atoms with Gasteiger partial charge in [-0.25, -0.2) is 4.79 Å². The minimum absolute atomic E-state index is 0.131. The van der Waals surface area contributed by atoms with Gasteiger partial charge >= 0.3 is 5.97 Å². The quantitative estimate of drug-likeness (QED) is 0.895. The molecule has 1 amide bonds. The number of rotatable bonds is 2. The van der Waals surface area contributed by atoms with Crippen molar-refractivity contribution in [3.63, 3.8) is 0 Å². The Morgan fingerprint density at radius 3 is 2.81 bits per heavy atom. The Morgan fingerprint density at radius 2 is 2.14 bits per heavy atom. The number of H-pyrrole nitrogens is 1.